The van der Waals surface area contributed by atoms with Crippen LogP contribution in [0.15, 0.2) is 47.0 Å². The molecule has 1 heterocycles. The summed E-state index contributed by atoms with van der Waals surface area (Å²) >= 11 is 0. The smallest absolute Gasteiger partial charge is 0.220 e. The summed E-state index contributed by atoms with van der Waals surface area (Å²) in [5, 5.41) is 2.69. The molecule has 0 unspecified atom stereocenters. The van der Waals surface area contributed by atoms with E-state index in [-0.39, 0.29) is 48.3 Å². The number of carbonyl (C=O) groups excluding carboxylic acids is 1. The summed E-state index contributed by atoms with van der Waals surface area (Å²) in [6, 6.07) is 7.94. The molecule has 3 aromatic rings. The van der Waals surface area contributed by atoms with E-state index in [1.807, 2.05) is 0 Å². The van der Waals surface area contributed by atoms with E-state index in [1.54, 1.807) is 19.1 Å². The third kappa shape index (κ3) is 4.75. The molecule has 2 aromatic carbocycles. The summed E-state index contributed by atoms with van der Waals surface area (Å²) in [5.41, 5.74) is 1.31. The Morgan fingerprint density at radius 1 is 1.11 bits per heavy atom. The highest BCUT2D eigenvalue weighted by Crippen LogP contribution is 2.24. The summed E-state index contributed by atoms with van der Waals surface area (Å²) in [6.07, 6.45) is 1.66. The molecular weight excluding hydrogens is 357 g/mol. The molecular formula is C20H17F3N2O2. The largest absolute Gasteiger partial charge is 0.441 e. The van der Waals surface area contributed by atoms with Crippen molar-refractivity contribution in [1.82, 2.24) is 10.3 Å². The van der Waals surface area contributed by atoms with Crippen LogP contribution in [0.5, 0.6) is 0 Å². The van der Waals surface area contributed by atoms with Crippen LogP contribution in [0.4, 0.5) is 13.2 Å². The number of hydrogen-bond donors (Lipinski definition) is 1. The first-order chi connectivity index (χ1) is 12.9. The first-order valence-corrected chi connectivity index (χ1v) is 8.34. The third-order valence-corrected chi connectivity index (χ3v) is 4.04. The fraction of sp³-hybridized carbons (Fsp3) is 0.200. The lowest BCUT2D eigenvalue weighted by Gasteiger charge is -2.06. The van der Waals surface area contributed by atoms with Gasteiger partial charge in [0.1, 0.15) is 17.5 Å². The van der Waals surface area contributed by atoms with E-state index in [2.05, 4.69) is 10.3 Å². The zero-order chi connectivity index (χ0) is 19.4. The second-order valence-corrected chi connectivity index (χ2v) is 6.10. The van der Waals surface area contributed by atoms with Gasteiger partial charge in [0, 0.05) is 25.5 Å². The molecule has 0 atom stereocenters. The summed E-state index contributed by atoms with van der Waals surface area (Å²) < 4.78 is 45.6. The number of oxazole rings is 1. The number of nitrogens with one attached hydrogen (secondary N) is 1. The second-order valence-electron chi connectivity index (χ2n) is 6.10. The molecule has 27 heavy (non-hydrogen) atoms. The van der Waals surface area contributed by atoms with Gasteiger partial charge in [-0.2, -0.15) is 0 Å². The number of nitrogens with zero attached hydrogens (tertiary/aromatic N) is 1. The molecule has 0 spiro atoms. The van der Waals surface area contributed by atoms with Crippen molar-refractivity contribution in [2.45, 2.75) is 26.3 Å². The normalized spacial score (nSPS) is 10.8. The quantitative estimate of drug-likeness (QED) is 0.699. The maximum absolute atomic E-state index is 13.8. The minimum absolute atomic E-state index is 0.0981. The molecule has 3 rings (SSSR count). The van der Waals surface area contributed by atoms with Crippen molar-refractivity contribution in [3.63, 3.8) is 0 Å². The van der Waals surface area contributed by atoms with Gasteiger partial charge in [0.25, 0.3) is 0 Å². The van der Waals surface area contributed by atoms with Gasteiger partial charge in [-0.1, -0.05) is 12.1 Å². The highest BCUT2D eigenvalue weighted by Gasteiger charge is 2.13. The van der Waals surface area contributed by atoms with Crippen LogP contribution >= 0.6 is 0 Å². The average molecular weight is 374 g/mol. The Kier molecular flexibility index (Phi) is 5.59. The highest BCUT2D eigenvalue weighted by atomic mass is 19.1. The highest BCUT2D eigenvalue weighted by molar-refractivity contribution is 5.76. The molecule has 0 fully saturated rings. The number of carbonyl (C=O) groups is 1. The van der Waals surface area contributed by atoms with Crippen molar-refractivity contribution in [2.75, 3.05) is 0 Å². The summed E-state index contributed by atoms with van der Waals surface area (Å²) in [7, 11) is 0. The predicted octanol–water partition coefficient (Wildman–Crippen LogP) is 4.32. The number of hydrogen-bond acceptors (Lipinski definition) is 3. The van der Waals surface area contributed by atoms with Crippen LogP contribution in [0, 0.1) is 24.4 Å². The molecule has 0 radical (unpaired) electrons. The molecule has 7 heteroatoms. The average Bonchev–Trinajstić information content (AvgIpc) is 3.09. The Morgan fingerprint density at radius 2 is 1.93 bits per heavy atom. The molecule has 140 valence electrons. The number of aryl methyl sites for hydroxylation is 2. The summed E-state index contributed by atoms with van der Waals surface area (Å²) in [5.74, 6) is -1.56. The van der Waals surface area contributed by atoms with Crippen LogP contribution < -0.4 is 5.32 Å². The van der Waals surface area contributed by atoms with E-state index in [9.17, 15) is 18.0 Å². The maximum Gasteiger partial charge on any atom is 0.220 e. The van der Waals surface area contributed by atoms with E-state index >= 15 is 0 Å². The van der Waals surface area contributed by atoms with Crippen LogP contribution in [0.3, 0.4) is 0 Å². The van der Waals surface area contributed by atoms with Gasteiger partial charge in [0.05, 0.1) is 11.8 Å². The van der Waals surface area contributed by atoms with Crippen LogP contribution in [-0.4, -0.2) is 10.9 Å². The van der Waals surface area contributed by atoms with Crippen molar-refractivity contribution in [1.29, 1.82) is 0 Å². The first-order valence-electron chi connectivity index (χ1n) is 8.34. The van der Waals surface area contributed by atoms with Crippen LogP contribution in [0.25, 0.3) is 11.3 Å². The van der Waals surface area contributed by atoms with Crippen molar-refractivity contribution < 1.29 is 22.4 Å². The number of rotatable bonds is 6. The fourth-order valence-electron chi connectivity index (χ4n) is 2.50. The number of aromatic nitrogens is 1. The van der Waals surface area contributed by atoms with E-state index in [0.717, 1.165) is 12.1 Å². The molecule has 0 aliphatic heterocycles. The van der Waals surface area contributed by atoms with Crippen LogP contribution in [0.1, 0.15) is 23.4 Å². The summed E-state index contributed by atoms with van der Waals surface area (Å²) in [6.45, 7) is 1.88. The molecule has 1 amide bonds. The maximum atomic E-state index is 13.8. The number of amides is 1. The SMILES string of the molecule is Cc1ccc(CNC(=O)CCc2ncc(-c3ccc(F)cc3F)o2)cc1F. The Hall–Kier alpha value is -3.09. The Labute approximate surface area is 154 Å². The molecule has 4 nitrogen and oxygen atoms in total. The zero-order valence-corrected chi connectivity index (χ0v) is 14.6. The van der Waals surface area contributed by atoms with Gasteiger partial charge in [0.15, 0.2) is 11.7 Å². The minimum atomic E-state index is -0.749. The standard InChI is InChI=1S/C20H17F3N2O2/c1-12-2-3-13(8-16(12)22)10-24-19(26)6-7-20-25-11-18(27-20)15-5-4-14(21)9-17(15)23/h2-5,8-9,11H,6-7,10H2,1H3,(H,24,26). The minimum Gasteiger partial charge on any atom is -0.441 e. The van der Waals surface area contributed by atoms with Gasteiger partial charge < -0.3 is 9.73 Å². The van der Waals surface area contributed by atoms with E-state index < -0.39 is 11.6 Å². The van der Waals surface area contributed by atoms with Gasteiger partial charge >= 0.3 is 0 Å². The Morgan fingerprint density at radius 3 is 2.67 bits per heavy atom. The van der Waals surface area contributed by atoms with Crippen LogP contribution in [-0.2, 0) is 17.8 Å². The number of benzene rings is 2. The monoisotopic (exact) mass is 374 g/mol. The molecule has 0 saturated heterocycles. The van der Waals surface area contributed by atoms with Crippen molar-refractivity contribution in [3.8, 4) is 11.3 Å². The molecule has 0 aliphatic rings. The topological polar surface area (TPSA) is 55.1 Å². The Balaban J connectivity index is 1.53. The van der Waals surface area contributed by atoms with Crippen molar-refractivity contribution in [2.24, 2.45) is 0 Å². The molecule has 0 aliphatic carbocycles. The van der Waals surface area contributed by atoms with E-state index in [1.165, 1.54) is 18.3 Å². The van der Waals surface area contributed by atoms with Crippen molar-refractivity contribution >= 4 is 5.91 Å². The second kappa shape index (κ2) is 8.07. The van der Waals surface area contributed by atoms with E-state index in [0.29, 0.717) is 11.1 Å². The molecule has 1 aromatic heterocycles. The van der Waals surface area contributed by atoms with Crippen LogP contribution in [0.2, 0.25) is 0 Å². The molecule has 0 saturated carbocycles. The third-order valence-electron chi connectivity index (χ3n) is 4.04. The van der Waals surface area contributed by atoms with Gasteiger partial charge in [-0.05, 0) is 36.2 Å². The van der Waals surface area contributed by atoms with Gasteiger partial charge in [-0.3, -0.25) is 4.79 Å². The van der Waals surface area contributed by atoms with Gasteiger partial charge in [-0.25, -0.2) is 18.2 Å². The van der Waals surface area contributed by atoms with E-state index in [4.69, 9.17) is 4.42 Å². The van der Waals surface area contributed by atoms with Crippen molar-refractivity contribution in [3.05, 3.63) is 77.1 Å². The predicted molar refractivity (Wildman–Crippen MR) is 93.2 cm³/mol. The summed E-state index contributed by atoms with van der Waals surface area (Å²) in [4.78, 5) is 15.9. The first kappa shape index (κ1) is 18.7. The van der Waals surface area contributed by atoms with Gasteiger partial charge in [0.2, 0.25) is 5.91 Å². The Bertz CT molecular complexity index is 970. The molecule has 0 bridgehead atoms. The number of halogens is 3. The lowest BCUT2D eigenvalue weighted by atomic mass is 10.1. The molecule has 1 N–H and O–H groups in total. The lowest BCUT2D eigenvalue weighted by molar-refractivity contribution is -0.121. The zero-order valence-electron chi connectivity index (χ0n) is 14.6. The van der Waals surface area contributed by atoms with Gasteiger partial charge in [-0.15, -0.1) is 0 Å². The lowest BCUT2D eigenvalue weighted by Crippen LogP contribution is -2.23. The fourth-order valence-corrected chi connectivity index (χ4v) is 2.50.